The lowest BCUT2D eigenvalue weighted by Crippen LogP contribution is -2.46. The number of phenolic OH excluding ortho intramolecular Hbond substituents is 3. The first-order valence-corrected chi connectivity index (χ1v) is 10.9. The minimum Gasteiger partial charge on any atom is -0.504 e. The number of hydrogen-bond donors (Lipinski definition) is 3. The normalized spacial score (nSPS) is 14.1. The molecule has 0 amide bonds. The molecule has 0 spiro atoms. The van der Waals surface area contributed by atoms with Crippen LogP contribution < -0.4 is 15.2 Å². The molecule has 0 saturated carbocycles. The summed E-state index contributed by atoms with van der Waals surface area (Å²) in [4.78, 5) is 17.1. The topological polar surface area (TPSA) is 97.4 Å². The molecule has 1 saturated heterocycles. The number of halogens is 1. The van der Waals surface area contributed by atoms with Crippen LogP contribution in [0.1, 0.15) is 0 Å². The molecule has 5 rings (SSSR count). The van der Waals surface area contributed by atoms with Crippen LogP contribution in [0.5, 0.6) is 17.2 Å². The Kier molecular flexibility index (Phi) is 5.26. The molecule has 1 aliphatic heterocycles. The summed E-state index contributed by atoms with van der Waals surface area (Å²) in [6.07, 6.45) is 0. The van der Waals surface area contributed by atoms with E-state index in [0.29, 0.717) is 11.3 Å². The predicted octanol–water partition coefficient (Wildman–Crippen LogP) is 4.56. The molecular weight excluding hydrogens is 444 g/mol. The van der Waals surface area contributed by atoms with E-state index in [-0.39, 0.29) is 11.0 Å². The molecule has 2 heterocycles. The smallest absolute Gasteiger partial charge is 0.201 e. The van der Waals surface area contributed by atoms with E-state index >= 15 is 0 Å². The van der Waals surface area contributed by atoms with Crippen molar-refractivity contribution in [2.24, 2.45) is 0 Å². The van der Waals surface area contributed by atoms with Gasteiger partial charge >= 0.3 is 0 Å². The van der Waals surface area contributed by atoms with Gasteiger partial charge in [0.25, 0.3) is 0 Å². The summed E-state index contributed by atoms with van der Waals surface area (Å²) in [7, 11) is 0. The lowest BCUT2D eigenvalue weighted by molar-refractivity contribution is 0.370. The van der Waals surface area contributed by atoms with Gasteiger partial charge in [-0.25, -0.2) is 0 Å². The molecule has 0 aliphatic carbocycles. The van der Waals surface area contributed by atoms with Gasteiger partial charge in [-0.3, -0.25) is 4.79 Å². The second-order valence-corrected chi connectivity index (χ2v) is 8.38. The first kappa shape index (κ1) is 21.0. The highest BCUT2D eigenvalue weighted by atomic mass is 35.5. The van der Waals surface area contributed by atoms with Crippen molar-refractivity contribution in [3.63, 3.8) is 0 Å². The number of fused-ring (bicyclic) bond motifs is 1. The highest BCUT2D eigenvalue weighted by Crippen LogP contribution is 2.40. The first-order valence-electron chi connectivity index (χ1n) is 10.5. The first-order chi connectivity index (χ1) is 15.9. The summed E-state index contributed by atoms with van der Waals surface area (Å²) in [5, 5.41) is 30.0. The molecule has 4 aromatic rings. The third kappa shape index (κ3) is 3.91. The van der Waals surface area contributed by atoms with Gasteiger partial charge < -0.3 is 29.5 Å². The maximum absolute atomic E-state index is 12.5. The molecule has 7 nitrogen and oxygen atoms in total. The van der Waals surface area contributed by atoms with Crippen LogP contribution in [0.25, 0.3) is 22.3 Å². The van der Waals surface area contributed by atoms with Crippen molar-refractivity contribution >= 4 is 33.9 Å². The molecule has 0 radical (unpaired) electrons. The molecule has 1 aliphatic rings. The number of hydrogen-bond acceptors (Lipinski definition) is 7. The molecule has 168 valence electrons. The van der Waals surface area contributed by atoms with E-state index in [1.807, 2.05) is 42.5 Å². The molecule has 0 atom stereocenters. The molecule has 3 aromatic carbocycles. The summed E-state index contributed by atoms with van der Waals surface area (Å²) in [5.41, 5.74) is 2.34. The predicted molar refractivity (Wildman–Crippen MR) is 129 cm³/mol. The van der Waals surface area contributed by atoms with Crippen LogP contribution in [0.15, 0.2) is 69.9 Å². The van der Waals surface area contributed by atoms with Crippen molar-refractivity contribution in [2.45, 2.75) is 0 Å². The summed E-state index contributed by atoms with van der Waals surface area (Å²) in [5.74, 6) is -1.71. The van der Waals surface area contributed by atoms with Gasteiger partial charge in [-0.15, -0.1) is 0 Å². The minimum atomic E-state index is -0.748. The Labute approximate surface area is 194 Å². The van der Waals surface area contributed by atoms with E-state index in [1.54, 1.807) is 0 Å². The second kappa shape index (κ2) is 8.26. The third-order valence-corrected chi connectivity index (χ3v) is 6.15. The van der Waals surface area contributed by atoms with Crippen molar-refractivity contribution in [1.82, 2.24) is 0 Å². The molecule has 3 N–H and O–H groups in total. The van der Waals surface area contributed by atoms with E-state index in [0.717, 1.165) is 48.6 Å². The van der Waals surface area contributed by atoms with Gasteiger partial charge in [0.15, 0.2) is 16.9 Å². The molecule has 8 heteroatoms. The van der Waals surface area contributed by atoms with Crippen LogP contribution in [0, 0.1) is 0 Å². The van der Waals surface area contributed by atoms with Crippen LogP contribution in [-0.2, 0) is 0 Å². The number of phenols is 3. The van der Waals surface area contributed by atoms with E-state index in [9.17, 15) is 20.1 Å². The third-order valence-electron chi connectivity index (χ3n) is 5.92. The van der Waals surface area contributed by atoms with Crippen LogP contribution in [0.3, 0.4) is 0 Å². The summed E-state index contributed by atoms with van der Waals surface area (Å²) in [6.45, 7) is 3.47. The van der Waals surface area contributed by atoms with Crippen molar-refractivity contribution in [1.29, 1.82) is 0 Å². The Morgan fingerprint density at radius 1 is 0.788 bits per heavy atom. The molecule has 0 unspecified atom stereocenters. The molecule has 0 bridgehead atoms. The Bertz CT molecular complexity index is 1390. The number of anilines is 2. The molecule has 1 fully saturated rings. The SMILES string of the molecule is O=c1cc(-c2ccc(N3CCN(c4cccc(Cl)c4)CC3)cc2)oc2cc(O)c(O)c(O)c12. The van der Waals surface area contributed by atoms with Crippen LogP contribution in [0.2, 0.25) is 5.02 Å². The van der Waals surface area contributed by atoms with Crippen molar-refractivity contribution in [3.05, 3.63) is 75.9 Å². The quantitative estimate of drug-likeness (QED) is 0.382. The standard InChI is InChI=1S/C25H21ClN2O5/c26-16-2-1-3-18(12-16)28-10-8-27(9-11-28)17-6-4-15(5-7-17)21-13-19(29)23-22(33-21)14-20(30)24(31)25(23)32/h1-7,12-14,30-32H,8-11H2. The van der Waals surface area contributed by atoms with Gasteiger partial charge in [0, 0.05) is 60.3 Å². The molecule has 33 heavy (non-hydrogen) atoms. The van der Waals surface area contributed by atoms with E-state index in [1.165, 1.54) is 6.07 Å². The van der Waals surface area contributed by atoms with Gasteiger partial charge in [-0.05, 0) is 42.5 Å². The second-order valence-electron chi connectivity index (χ2n) is 7.94. The van der Waals surface area contributed by atoms with E-state index in [4.69, 9.17) is 16.0 Å². The van der Waals surface area contributed by atoms with E-state index in [2.05, 4.69) is 15.9 Å². The van der Waals surface area contributed by atoms with Crippen LogP contribution >= 0.6 is 11.6 Å². The number of benzene rings is 3. The molecule has 1 aromatic heterocycles. The van der Waals surface area contributed by atoms with E-state index < -0.39 is 22.7 Å². The van der Waals surface area contributed by atoms with Gasteiger partial charge in [0.2, 0.25) is 5.75 Å². The number of nitrogens with zero attached hydrogens (tertiary/aromatic N) is 2. The van der Waals surface area contributed by atoms with Crippen LogP contribution in [-0.4, -0.2) is 41.5 Å². The summed E-state index contributed by atoms with van der Waals surface area (Å²) < 4.78 is 5.74. The lowest BCUT2D eigenvalue weighted by Gasteiger charge is -2.37. The zero-order valence-corrected chi connectivity index (χ0v) is 18.3. The zero-order valence-electron chi connectivity index (χ0n) is 17.5. The van der Waals surface area contributed by atoms with Crippen molar-refractivity contribution in [2.75, 3.05) is 36.0 Å². The maximum atomic E-state index is 12.5. The Hall–Kier alpha value is -3.84. The lowest BCUT2D eigenvalue weighted by atomic mass is 10.1. The summed E-state index contributed by atoms with van der Waals surface area (Å²) in [6, 6.07) is 17.9. The Balaban J connectivity index is 1.35. The number of aromatic hydroxyl groups is 3. The minimum absolute atomic E-state index is 0.00786. The Morgan fingerprint density at radius 3 is 2.12 bits per heavy atom. The monoisotopic (exact) mass is 464 g/mol. The zero-order chi connectivity index (χ0) is 23.1. The average Bonchev–Trinajstić information content (AvgIpc) is 2.82. The average molecular weight is 465 g/mol. The fraction of sp³-hybridized carbons (Fsp3) is 0.160. The fourth-order valence-corrected chi connectivity index (χ4v) is 4.34. The van der Waals surface area contributed by atoms with Gasteiger partial charge in [-0.1, -0.05) is 17.7 Å². The number of piperazine rings is 1. The largest absolute Gasteiger partial charge is 0.504 e. The number of rotatable bonds is 3. The van der Waals surface area contributed by atoms with Crippen molar-refractivity contribution in [3.8, 4) is 28.6 Å². The van der Waals surface area contributed by atoms with Crippen molar-refractivity contribution < 1.29 is 19.7 Å². The highest BCUT2D eigenvalue weighted by molar-refractivity contribution is 6.30. The summed E-state index contributed by atoms with van der Waals surface area (Å²) >= 11 is 6.12. The fourth-order valence-electron chi connectivity index (χ4n) is 4.15. The Morgan fingerprint density at radius 2 is 1.45 bits per heavy atom. The van der Waals surface area contributed by atoms with Gasteiger partial charge in [-0.2, -0.15) is 0 Å². The maximum Gasteiger partial charge on any atom is 0.201 e. The molecular formula is C25H21ClN2O5. The highest BCUT2D eigenvalue weighted by Gasteiger charge is 2.19. The van der Waals surface area contributed by atoms with Gasteiger partial charge in [0.05, 0.1) is 0 Å². The van der Waals surface area contributed by atoms with Gasteiger partial charge in [0.1, 0.15) is 16.7 Å². The van der Waals surface area contributed by atoms with Crippen LogP contribution in [0.4, 0.5) is 11.4 Å².